The van der Waals surface area contributed by atoms with Crippen LogP contribution >= 0.6 is 0 Å². The molecular weight excluding hydrogens is 248 g/mol. The van der Waals surface area contributed by atoms with E-state index in [-0.39, 0.29) is 11.9 Å². The van der Waals surface area contributed by atoms with Gasteiger partial charge in [-0.05, 0) is 17.7 Å². The van der Waals surface area contributed by atoms with Crippen LogP contribution in [-0.4, -0.2) is 26.2 Å². The van der Waals surface area contributed by atoms with E-state index in [4.69, 9.17) is 9.47 Å². The molecule has 1 rings (SSSR count). The van der Waals surface area contributed by atoms with E-state index >= 15 is 0 Å². The lowest BCUT2D eigenvalue weighted by Crippen LogP contribution is -2.02. The number of hydrogen-bond donors (Lipinski definition) is 0. The highest BCUT2D eigenvalue weighted by Crippen LogP contribution is 2.13. The van der Waals surface area contributed by atoms with Crippen LogP contribution in [0, 0.1) is 0 Å². The molecule has 0 bridgehead atoms. The number of carbonyl (C=O) groups is 2. The summed E-state index contributed by atoms with van der Waals surface area (Å²) in [6, 6.07) is 7.47. The molecule has 5 nitrogen and oxygen atoms in total. The molecule has 0 saturated heterocycles. The maximum atomic E-state index is 10.9. The first-order valence-electron chi connectivity index (χ1n) is 5.86. The number of carbonyl (C=O) groups excluding carboxylic acids is 2. The van der Waals surface area contributed by atoms with Gasteiger partial charge in [-0.25, -0.2) is 0 Å². The minimum Gasteiger partial charge on any atom is -0.497 e. The zero-order valence-corrected chi connectivity index (χ0v) is 11.8. The summed E-state index contributed by atoms with van der Waals surface area (Å²) in [7, 11) is 2.96. The van der Waals surface area contributed by atoms with E-state index in [0.717, 1.165) is 11.3 Å². The molecule has 0 saturated carbocycles. The molecule has 0 aliphatic heterocycles. The molecule has 0 atom stereocenters. The quantitative estimate of drug-likeness (QED) is 0.784. The molecule has 0 amide bonds. The fourth-order valence-electron chi connectivity index (χ4n) is 1.03. The van der Waals surface area contributed by atoms with E-state index in [1.165, 1.54) is 14.0 Å². The van der Waals surface area contributed by atoms with Gasteiger partial charge in [0, 0.05) is 13.3 Å². The van der Waals surface area contributed by atoms with Crippen molar-refractivity contribution in [3.63, 3.8) is 0 Å². The first kappa shape index (κ1) is 17.0. The van der Waals surface area contributed by atoms with Gasteiger partial charge >= 0.3 is 11.9 Å². The third kappa shape index (κ3) is 8.65. The van der Waals surface area contributed by atoms with Crippen molar-refractivity contribution >= 4 is 11.9 Å². The van der Waals surface area contributed by atoms with Crippen LogP contribution in [0.2, 0.25) is 0 Å². The largest absolute Gasteiger partial charge is 0.497 e. The van der Waals surface area contributed by atoms with Crippen molar-refractivity contribution in [2.75, 3.05) is 14.2 Å². The molecule has 106 valence electrons. The molecule has 0 aliphatic carbocycles. The Morgan fingerprint density at radius 3 is 2.32 bits per heavy atom. The summed E-state index contributed by atoms with van der Waals surface area (Å²) in [5, 5.41) is 0. The van der Waals surface area contributed by atoms with E-state index in [1.54, 1.807) is 14.0 Å². The number of benzene rings is 1. The highest BCUT2D eigenvalue weighted by Gasteiger charge is 2.00. The van der Waals surface area contributed by atoms with E-state index in [2.05, 4.69) is 4.74 Å². The smallest absolute Gasteiger partial charge is 0.305 e. The van der Waals surface area contributed by atoms with Gasteiger partial charge in [0.1, 0.15) is 12.4 Å². The highest BCUT2D eigenvalue weighted by molar-refractivity contribution is 5.68. The molecule has 1 aromatic rings. The monoisotopic (exact) mass is 268 g/mol. The molecule has 0 heterocycles. The first-order valence-corrected chi connectivity index (χ1v) is 5.86. The average molecular weight is 268 g/mol. The second kappa shape index (κ2) is 9.94. The topological polar surface area (TPSA) is 61.8 Å². The van der Waals surface area contributed by atoms with Crippen LogP contribution in [-0.2, 0) is 25.7 Å². The first-order chi connectivity index (χ1) is 9.03. The normalized spacial score (nSPS) is 8.84. The standard InChI is InChI=1S/C11H14O3.C3H6O2/c1-3-11(12)14-8-9-5-4-6-10(7-9)13-2;1-3(4)5-2/h4-7H,3,8H2,1-2H3;1-2H3. The van der Waals surface area contributed by atoms with Crippen molar-refractivity contribution in [3.05, 3.63) is 29.8 Å². The van der Waals surface area contributed by atoms with E-state index in [1.807, 2.05) is 24.3 Å². The Labute approximate surface area is 113 Å². The lowest BCUT2D eigenvalue weighted by Gasteiger charge is -2.05. The van der Waals surface area contributed by atoms with E-state index < -0.39 is 0 Å². The van der Waals surface area contributed by atoms with E-state index in [0.29, 0.717) is 13.0 Å². The SMILES string of the molecule is CCC(=O)OCc1cccc(OC)c1.COC(C)=O. The van der Waals surface area contributed by atoms with Crippen LogP contribution in [0.1, 0.15) is 25.8 Å². The molecule has 0 aromatic heterocycles. The molecule has 0 fully saturated rings. The number of rotatable bonds is 4. The van der Waals surface area contributed by atoms with Crippen molar-refractivity contribution in [1.82, 2.24) is 0 Å². The maximum Gasteiger partial charge on any atom is 0.305 e. The fourth-order valence-corrected chi connectivity index (χ4v) is 1.03. The average Bonchev–Trinajstić information content (AvgIpc) is 2.45. The van der Waals surface area contributed by atoms with Gasteiger partial charge in [0.2, 0.25) is 0 Å². The van der Waals surface area contributed by atoms with Crippen LogP contribution < -0.4 is 4.74 Å². The number of hydrogen-bond acceptors (Lipinski definition) is 5. The Hall–Kier alpha value is -2.04. The summed E-state index contributed by atoms with van der Waals surface area (Å²) < 4.78 is 14.1. The molecule has 0 spiro atoms. The maximum absolute atomic E-state index is 10.9. The second-order valence-electron chi connectivity index (χ2n) is 3.56. The van der Waals surface area contributed by atoms with Crippen LogP contribution in [0.5, 0.6) is 5.75 Å². The predicted molar refractivity (Wildman–Crippen MR) is 70.8 cm³/mol. The van der Waals surface area contributed by atoms with Crippen molar-refractivity contribution in [3.8, 4) is 5.75 Å². The van der Waals surface area contributed by atoms with Crippen molar-refractivity contribution in [2.45, 2.75) is 26.9 Å². The van der Waals surface area contributed by atoms with Crippen LogP contribution in [0.25, 0.3) is 0 Å². The molecule has 0 aliphatic rings. The van der Waals surface area contributed by atoms with Gasteiger partial charge in [0.25, 0.3) is 0 Å². The lowest BCUT2D eigenvalue weighted by molar-refractivity contribution is -0.144. The molecule has 0 unspecified atom stereocenters. The summed E-state index contributed by atoms with van der Waals surface area (Å²) in [5.41, 5.74) is 0.936. The molecule has 19 heavy (non-hydrogen) atoms. The summed E-state index contributed by atoms with van der Waals surface area (Å²) in [4.78, 5) is 20.5. The molecule has 5 heteroatoms. The minimum atomic E-state index is -0.245. The fraction of sp³-hybridized carbons (Fsp3) is 0.429. The van der Waals surface area contributed by atoms with Gasteiger partial charge in [0.05, 0.1) is 14.2 Å². The van der Waals surface area contributed by atoms with Gasteiger partial charge in [-0.15, -0.1) is 0 Å². The third-order valence-electron chi connectivity index (χ3n) is 2.11. The summed E-state index contributed by atoms with van der Waals surface area (Å²) in [5.74, 6) is 0.341. The Morgan fingerprint density at radius 1 is 1.21 bits per heavy atom. The van der Waals surface area contributed by atoms with Gasteiger partial charge in [0.15, 0.2) is 0 Å². The molecular formula is C14H20O5. The number of esters is 2. The minimum absolute atomic E-state index is 0.187. The van der Waals surface area contributed by atoms with Gasteiger partial charge < -0.3 is 14.2 Å². The predicted octanol–water partition coefficient (Wildman–Crippen LogP) is 2.33. The summed E-state index contributed by atoms with van der Waals surface area (Å²) in [6.07, 6.45) is 0.407. The second-order valence-corrected chi connectivity index (χ2v) is 3.56. The number of ether oxygens (including phenoxy) is 3. The van der Waals surface area contributed by atoms with Crippen LogP contribution in [0.15, 0.2) is 24.3 Å². The molecule has 1 aromatic carbocycles. The van der Waals surface area contributed by atoms with E-state index in [9.17, 15) is 9.59 Å². The Kier molecular flexibility index (Phi) is 8.87. The highest BCUT2D eigenvalue weighted by atomic mass is 16.5. The van der Waals surface area contributed by atoms with Gasteiger partial charge in [-0.2, -0.15) is 0 Å². The van der Waals surface area contributed by atoms with Crippen molar-refractivity contribution < 1.29 is 23.8 Å². The zero-order chi connectivity index (χ0) is 14.7. The Bertz CT molecular complexity index is 401. The molecule has 0 N–H and O–H groups in total. The Balaban J connectivity index is 0.000000555. The van der Waals surface area contributed by atoms with Crippen LogP contribution in [0.4, 0.5) is 0 Å². The number of methoxy groups -OCH3 is 2. The van der Waals surface area contributed by atoms with Crippen molar-refractivity contribution in [2.24, 2.45) is 0 Å². The van der Waals surface area contributed by atoms with Crippen LogP contribution in [0.3, 0.4) is 0 Å². The van der Waals surface area contributed by atoms with Gasteiger partial charge in [-0.3, -0.25) is 9.59 Å². The Morgan fingerprint density at radius 2 is 1.84 bits per heavy atom. The lowest BCUT2D eigenvalue weighted by atomic mass is 10.2. The summed E-state index contributed by atoms with van der Waals surface area (Å²) >= 11 is 0. The third-order valence-corrected chi connectivity index (χ3v) is 2.11. The summed E-state index contributed by atoms with van der Waals surface area (Å²) in [6.45, 7) is 3.44. The molecule has 0 radical (unpaired) electrons. The van der Waals surface area contributed by atoms with Crippen molar-refractivity contribution in [1.29, 1.82) is 0 Å². The zero-order valence-electron chi connectivity index (χ0n) is 11.8. The van der Waals surface area contributed by atoms with Gasteiger partial charge in [-0.1, -0.05) is 19.1 Å².